The first-order valence-electron chi connectivity index (χ1n) is 9.52. The van der Waals surface area contributed by atoms with Crippen LogP contribution in [0.25, 0.3) is 0 Å². The Labute approximate surface area is 167 Å². The quantitative estimate of drug-likeness (QED) is 0.827. The van der Waals surface area contributed by atoms with Gasteiger partial charge in [0.05, 0.1) is 12.1 Å². The van der Waals surface area contributed by atoms with Crippen molar-refractivity contribution >= 4 is 11.9 Å². The predicted molar refractivity (Wildman–Crippen MR) is 103 cm³/mol. The Balaban J connectivity index is 1.86. The van der Waals surface area contributed by atoms with Crippen LogP contribution in [0.15, 0.2) is 41.3 Å². The Morgan fingerprint density at radius 3 is 2.69 bits per heavy atom. The summed E-state index contributed by atoms with van der Waals surface area (Å²) in [5.41, 5.74) is -0.308. The molecule has 2 aromatic rings. The summed E-state index contributed by atoms with van der Waals surface area (Å²) in [6, 6.07) is 8.91. The number of carboxylic acid groups (broad SMARTS) is 1. The summed E-state index contributed by atoms with van der Waals surface area (Å²) in [4.78, 5) is 39.4. The van der Waals surface area contributed by atoms with Gasteiger partial charge in [-0.2, -0.15) is 0 Å². The van der Waals surface area contributed by atoms with E-state index in [1.54, 1.807) is 16.6 Å². The molecule has 1 amide bonds. The molecular formula is C21H22N2O6. The van der Waals surface area contributed by atoms with Crippen molar-refractivity contribution in [1.29, 1.82) is 0 Å². The third kappa shape index (κ3) is 3.40. The van der Waals surface area contributed by atoms with Crippen LogP contribution in [0.1, 0.15) is 45.3 Å². The molecule has 0 aliphatic carbocycles. The number of nitrogens with zero attached hydrogens (tertiary/aromatic N) is 2. The highest BCUT2D eigenvalue weighted by molar-refractivity contribution is 5.97. The van der Waals surface area contributed by atoms with Gasteiger partial charge in [0, 0.05) is 26.4 Å². The molecule has 2 atom stereocenters. The average Bonchev–Trinajstić information content (AvgIpc) is 2.92. The van der Waals surface area contributed by atoms with E-state index < -0.39 is 17.0 Å². The number of methoxy groups -OCH3 is 1. The van der Waals surface area contributed by atoms with Crippen molar-refractivity contribution in [3.63, 3.8) is 0 Å². The molecule has 8 heteroatoms. The molecule has 1 unspecified atom stereocenters. The molecule has 29 heavy (non-hydrogen) atoms. The van der Waals surface area contributed by atoms with Gasteiger partial charge in [0.25, 0.3) is 5.91 Å². The molecule has 1 aromatic carbocycles. The highest BCUT2D eigenvalue weighted by atomic mass is 16.5. The van der Waals surface area contributed by atoms with Crippen LogP contribution in [0, 0.1) is 0 Å². The van der Waals surface area contributed by atoms with Crippen molar-refractivity contribution in [3.8, 4) is 5.75 Å². The zero-order valence-corrected chi connectivity index (χ0v) is 16.0. The van der Waals surface area contributed by atoms with Crippen molar-refractivity contribution in [1.82, 2.24) is 9.47 Å². The van der Waals surface area contributed by atoms with Crippen molar-refractivity contribution < 1.29 is 24.2 Å². The van der Waals surface area contributed by atoms with Crippen molar-refractivity contribution in [2.45, 2.75) is 31.6 Å². The van der Waals surface area contributed by atoms with E-state index in [-0.39, 0.29) is 36.1 Å². The van der Waals surface area contributed by atoms with Gasteiger partial charge in [-0.15, -0.1) is 0 Å². The lowest BCUT2D eigenvalue weighted by Gasteiger charge is -2.37. The predicted octanol–water partition coefficient (Wildman–Crippen LogP) is 1.93. The van der Waals surface area contributed by atoms with Crippen LogP contribution >= 0.6 is 0 Å². The molecule has 2 aliphatic rings. The number of pyridine rings is 1. The molecule has 1 saturated heterocycles. The number of fused-ring (bicyclic) bond motifs is 4. The molecule has 0 radical (unpaired) electrons. The number of aromatic carboxylic acids is 1. The summed E-state index contributed by atoms with van der Waals surface area (Å²) in [5.74, 6) is -1.90. The molecule has 152 valence electrons. The van der Waals surface area contributed by atoms with E-state index >= 15 is 0 Å². The Morgan fingerprint density at radius 2 is 2.00 bits per heavy atom. The van der Waals surface area contributed by atoms with Crippen LogP contribution in [0.3, 0.4) is 0 Å². The first-order valence-corrected chi connectivity index (χ1v) is 9.52. The fraction of sp³-hybridized carbons (Fsp3) is 0.381. The van der Waals surface area contributed by atoms with Crippen molar-refractivity contribution in [3.05, 3.63) is 63.6 Å². The molecule has 4 rings (SSSR count). The van der Waals surface area contributed by atoms with E-state index in [0.717, 1.165) is 18.4 Å². The minimum absolute atomic E-state index is 0.0534. The number of amides is 1. The van der Waals surface area contributed by atoms with E-state index in [1.165, 1.54) is 6.20 Å². The molecular weight excluding hydrogens is 376 g/mol. The zero-order valence-electron chi connectivity index (χ0n) is 16.0. The molecule has 8 nitrogen and oxygen atoms in total. The van der Waals surface area contributed by atoms with Crippen LogP contribution in [0.2, 0.25) is 0 Å². The summed E-state index contributed by atoms with van der Waals surface area (Å²) in [6.07, 6.45) is 2.56. The zero-order chi connectivity index (χ0) is 20.5. The lowest BCUT2D eigenvalue weighted by atomic mass is 10.0. The molecule has 1 N–H and O–H groups in total. The van der Waals surface area contributed by atoms with Gasteiger partial charge in [0.1, 0.15) is 12.2 Å². The molecule has 1 aromatic heterocycles. The average molecular weight is 398 g/mol. The van der Waals surface area contributed by atoms with Gasteiger partial charge in [-0.25, -0.2) is 4.79 Å². The van der Waals surface area contributed by atoms with Crippen LogP contribution in [0.4, 0.5) is 0 Å². The van der Waals surface area contributed by atoms with Crippen molar-refractivity contribution in [2.75, 3.05) is 20.2 Å². The Hall–Kier alpha value is -3.13. The number of carbonyl (C=O) groups excluding carboxylic acids is 1. The van der Waals surface area contributed by atoms with Gasteiger partial charge in [0.15, 0.2) is 11.4 Å². The molecule has 2 aliphatic heterocycles. The normalized spacial score (nSPS) is 20.7. The van der Waals surface area contributed by atoms with E-state index in [2.05, 4.69) is 0 Å². The van der Waals surface area contributed by atoms with Crippen LogP contribution in [-0.2, 0) is 11.3 Å². The maximum atomic E-state index is 13.1. The second-order valence-corrected chi connectivity index (χ2v) is 7.27. The minimum atomic E-state index is -1.35. The molecule has 0 saturated carbocycles. The van der Waals surface area contributed by atoms with Gasteiger partial charge in [0.2, 0.25) is 5.43 Å². The van der Waals surface area contributed by atoms with Crippen LogP contribution in [-0.4, -0.2) is 52.8 Å². The Bertz CT molecular complexity index is 1000. The summed E-state index contributed by atoms with van der Waals surface area (Å²) < 4.78 is 13.0. The smallest absolute Gasteiger partial charge is 0.341 e. The van der Waals surface area contributed by atoms with Crippen molar-refractivity contribution in [2.24, 2.45) is 0 Å². The first kappa shape index (κ1) is 19.2. The van der Waals surface area contributed by atoms with E-state index in [9.17, 15) is 19.5 Å². The molecule has 0 spiro atoms. The second-order valence-electron chi connectivity index (χ2n) is 7.27. The van der Waals surface area contributed by atoms with E-state index in [1.807, 2.05) is 30.3 Å². The number of benzene rings is 1. The summed E-state index contributed by atoms with van der Waals surface area (Å²) in [6.45, 7) is 1.02. The van der Waals surface area contributed by atoms with Gasteiger partial charge in [-0.3, -0.25) is 9.59 Å². The fourth-order valence-corrected chi connectivity index (χ4v) is 4.08. The highest BCUT2D eigenvalue weighted by Crippen LogP contribution is 2.34. The van der Waals surface area contributed by atoms with Crippen LogP contribution < -0.4 is 10.2 Å². The van der Waals surface area contributed by atoms with Gasteiger partial charge in [-0.05, 0) is 18.4 Å². The van der Waals surface area contributed by atoms with E-state index in [4.69, 9.17) is 9.47 Å². The largest absolute Gasteiger partial charge is 0.483 e. The summed E-state index contributed by atoms with van der Waals surface area (Å²) >= 11 is 0. The third-order valence-corrected chi connectivity index (χ3v) is 5.55. The number of carboxylic acids is 1. The number of hydrogen-bond donors (Lipinski definition) is 1. The summed E-state index contributed by atoms with van der Waals surface area (Å²) in [5, 5.41) is 9.55. The maximum Gasteiger partial charge on any atom is 0.341 e. The van der Waals surface area contributed by atoms with Gasteiger partial charge >= 0.3 is 5.97 Å². The fourth-order valence-electron chi connectivity index (χ4n) is 4.08. The SMILES string of the molecule is CO[C@@H]1CCCN2CC1n1cc(C(=O)O)c(=O)c(OCc3ccccc3)c1C2=O. The topological polar surface area (TPSA) is 98.1 Å². The minimum Gasteiger partial charge on any atom is -0.483 e. The Kier molecular flexibility index (Phi) is 5.10. The van der Waals surface area contributed by atoms with Gasteiger partial charge < -0.3 is 24.0 Å². The monoisotopic (exact) mass is 398 g/mol. The molecule has 1 fully saturated rings. The number of ether oxygens (including phenoxy) is 2. The van der Waals surface area contributed by atoms with E-state index in [0.29, 0.717) is 13.1 Å². The highest BCUT2D eigenvalue weighted by Gasteiger charge is 2.40. The standard InChI is InChI=1S/C21H22N2O6/c1-28-16-8-5-9-22-11-15(16)23-10-14(21(26)27)18(24)19(17(23)20(22)25)29-12-13-6-3-2-4-7-13/h2-4,6-7,10,15-16H,5,8-9,11-12H2,1H3,(H,26,27)/t15?,16-/m1/s1. The number of hydrogen-bond acceptors (Lipinski definition) is 5. The second kappa shape index (κ2) is 7.71. The molecule has 3 heterocycles. The number of rotatable bonds is 5. The lowest BCUT2D eigenvalue weighted by Crippen LogP contribution is -2.47. The first-order chi connectivity index (χ1) is 14.0. The Morgan fingerprint density at radius 1 is 1.24 bits per heavy atom. The van der Waals surface area contributed by atoms with Gasteiger partial charge in [-0.1, -0.05) is 30.3 Å². The maximum absolute atomic E-state index is 13.1. The number of aromatic nitrogens is 1. The van der Waals surface area contributed by atoms with Crippen LogP contribution in [0.5, 0.6) is 5.75 Å². The summed E-state index contributed by atoms with van der Waals surface area (Å²) in [7, 11) is 1.60. The molecule has 2 bridgehead atoms. The number of carbonyl (C=O) groups is 2. The lowest BCUT2D eigenvalue weighted by molar-refractivity contribution is 0.0347. The third-order valence-electron chi connectivity index (χ3n) is 5.55.